The summed E-state index contributed by atoms with van der Waals surface area (Å²) in [5.41, 5.74) is 2.75. The van der Waals surface area contributed by atoms with Crippen LogP contribution in [0.2, 0.25) is 5.02 Å². The highest BCUT2D eigenvalue weighted by Gasteiger charge is 2.26. The molecule has 3 rings (SSSR count). The standard InChI is InChI=1S/C14H14ClN3O2/c15-10-4-2-1-3-9(10)7-20-14(19)12-5-11-13(6-16-12)18-8-17-11/h1-4,8,12,16H,5-7H2,(H,17,18). The van der Waals surface area contributed by atoms with Gasteiger partial charge in [0, 0.05) is 23.6 Å². The van der Waals surface area contributed by atoms with Crippen LogP contribution in [0.15, 0.2) is 30.6 Å². The van der Waals surface area contributed by atoms with Gasteiger partial charge >= 0.3 is 5.97 Å². The first-order chi connectivity index (χ1) is 9.74. The van der Waals surface area contributed by atoms with Gasteiger partial charge in [-0.25, -0.2) is 4.98 Å². The van der Waals surface area contributed by atoms with Gasteiger partial charge in [-0.3, -0.25) is 10.1 Å². The monoisotopic (exact) mass is 291 g/mol. The number of aromatic nitrogens is 2. The van der Waals surface area contributed by atoms with Crippen LogP contribution < -0.4 is 5.32 Å². The van der Waals surface area contributed by atoms with E-state index < -0.39 is 0 Å². The fourth-order valence-electron chi connectivity index (χ4n) is 2.20. The first kappa shape index (κ1) is 13.1. The van der Waals surface area contributed by atoms with Crippen LogP contribution in [0.4, 0.5) is 0 Å². The van der Waals surface area contributed by atoms with Gasteiger partial charge in [-0.1, -0.05) is 29.8 Å². The van der Waals surface area contributed by atoms with Crippen molar-refractivity contribution in [1.29, 1.82) is 0 Å². The molecule has 0 amide bonds. The van der Waals surface area contributed by atoms with Crippen LogP contribution in [-0.2, 0) is 29.1 Å². The second-order valence-electron chi connectivity index (χ2n) is 4.66. The minimum atomic E-state index is -0.353. The minimum Gasteiger partial charge on any atom is -0.460 e. The van der Waals surface area contributed by atoms with Crippen molar-refractivity contribution in [3.05, 3.63) is 52.6 Å². The highest BCUT2D eigenvalue weighted by atomic mass is 35.5. The van der Waals surface area contributed by atoms with E-state index in [1.165, 1.54) is 0 Å². The van der Waals surface area contributed by atoms with Crippen LogP contribution in [0, 0.1) is 0 Å². The Morgan fingerprint density at radius 1 is 1.45 bits per heavy atom. The molecule has 20 heavy (non-hydrogen) atoms. The topological polar surface area (TPSA) is 67.0 Å². The van der Waals surface area contributed by atoms with Crippen LogP contribution in [0.1, 0.15) is 17.0 Å². The number of benzene rings is 1. The number of fused-ring (bicyclic) bond motifs is 1. The largest absolute Gasteiger partial charge is 0.460 e. The van der Waals surface area contributed by atoms with Gasteiger partial charge in [-0.15, -0.1) is 0 Å². The summed E-state index contributed by atoms with van der Waals surface area (Å²) in [5, 5.41) is 3.74. The lowest BCUT2D eigenvalue weighted by molar-refractivity contribution is -0.147. The third kappa shape index (κ3) is 2.69. The molecule has 1 aliphatic rings. The van der Waals surface area contributed by atoms with Crippen LogP contribution in [0.25, 0.3) is 0 Å². The summed E-state index contributed by atoms with van der Waals surface area (Å²) < 4.78 is 5.32. The molecule has 2 aromatic rings. The number of imidazole rings is 1. The normalized spacial score (nSPS) is 17.6. The van der Waals surface area contributed by atoms with Gasteiger partial charge < -0.3 is 9.72 Å². The molecular formula is C14H14ClN3O2. The molecule has 2 N–H and O–H groups in total. The first-order valence-corrected chi connectivity index (χ1v) is 6.76. The Balaban J connectivity index is 1.59. The predicted octanol–water partition coefficient (Wildman–Crippen LogP) is 1.82. The molecular weight excluding hydrogens is 278 g/mol. The van der Waals surface area contributed by atoms with E-state index in [9.17, 15) is 4.79 Å². The zero-order valence-electron chi connectivity index (χ0n) is 10.7. The molecule has 0 saturated carbocycles. The van der Waals surface area contributed by atoms with E-state index in [2.05, 4.69) is 15.3 Å². The molecule has 0 bridgehead atoms. The lowest BCUT2D eigenvalue weighted by atomic mass is 10.1. The third-order valence-corrected chi connectivity index (χ3v) is 3.71. The molecule has 0 saturated heterocycles. The molecule has 1 aromatic carbocycles. The quantitative estimate of drug-likeness (QED) is 0.847. The first-order valence-electron chi connectivity index (χ1n) is 6.38. The van der Waals surface area contributed by atoms with Crippen molar-refractivity contribution in [3.63, 3.8) is 0 Å². The number of nitrogens with one attached hydrogen (secondary N) is 2. The summed E-state index contributed by atoms with van der Waals surface area (Å²) in [7, 11) is 0. The van der Waals surface area contributed by atoms with E-state index in [0.29, 0.717) is 18.0 Å². The van der Waals surface area contributed by atoms with Gasteiger partial charge in [0.1, 0.15) is 12.6 Å². The summed E-state index contributed by atoms with van der Waals surface area (Å²) in [5.74, 6) is -0.279. The van der Waals surface area contributed by atoms with E-state index in [-0.39, 0.29) is 18.6 Å². The number of H-pyrrole nitrogens is 1. The van der Waals surface area contributed by atoms with Crippen LogP contribution in [0.5, 0.6) is 0 Å². The Morgan fingerprint density at radius 3 is 3.15 bits per heavy atom. The lowest BCUT2D eigenvalue weighted by Crippen LogP contribution is -2.42. The minimum absolute atomic E-state index is 0.185. The number of esters is 1. The number of nitrogens with zero attached hydrogens (tertiary/aromatic N) is 1. The van der Waals surface area contributed by atoms with Crippen molar-refractivity contribution in [2.45, 2.75) is 25.6 Å². The number of rotatable bonds is 3. The summed E-state index contributed by atoms with van der Waals surface area (Å²) in [6.07, 6.45) is 2.18. The lowest BCUT2D eigenvalue weighted by Gasteiger charge is -2.21. The number of hydrogen-bond acceptors (Lipinski definition) is 4. The van der Waals surface area contributed by atoms with E-state index in [1.54, 1.807) is 12.4 Å². The smallest absolute Gasteiger partial charge is 0.323 e. The van der Waals surface area contributed by atoms with Crippen molar-refractivity contribution >= 4 is 17.6 Å². The molecule has 0 radical (unpaired) electrons. The maximum absolute atomic E-state index is 12.0. The fourth-order valence-corrected chi connectivity index (χ4v) is 2.39. The Morgan fingerprint density at radius 2 is 2.30 bits per heavy atom. The van der Waals surface area contributed by atoms with Gasteiger partial charge in [0.2, 0.25) is 0 Å². The second-order valence-corrected chi connectivity index (χ2v) is 5.07. The molecule has 0 fully saturated rings. The molecule has 6 heteroatoms. The summed E-state index contributed by atoms with van der Waals surface area (Å²) in [4.78, 5) is 19.3. The molecule has 1 aliphatic heterocycles. The maximum Gasteiger partial charge on any atom is 0.323 e. The number of carbonyl (C=O) groups excluding carboxylic acids is 1. The molecule has 2 heterocycles. The summed E-state index contributed by atoms with van der Waals surface area (Å²) >= 11 is 6.02. The number of carbonyl (C=O) groups is 1. The fraction of sp³-hybridized carbons (Fsp3) is 0.286. The zero-order chi connectivity index (χ0) is 13.9. The Labute approximate surface area is 121 Å². The Kier molecular flexibility index (Phi) is 3.71. The van der Waals surface area contributed by atoms with E-state index in [0.717, 1.165) is 17.0 Å². The van der Waals surface area contributed by atoms with Crippen molar-refractivity contribution in [2.75, 3.05) is 0 Å². The molecule has 0 spiro atoms. The van der Waals surface area contributed by atoms with Gasteiger partial charge in [0.25, 0.3) is 0 Å². The Bertz CT molecular complexity index is 626. The Hall–Kier alpha value is -1.85. The summed E-state index contributed by atoms with van der Waals surface area (Å²) in [6, 6.07) is 6.97. The average molecular weight is 292 g/mol. The average Bonchev–Trinajstić information content (AvgIpc) is 2.93. The molecule has 1 unspecified atom stereocenters. The number of ether oxygens (including phenoxy) is 1. The van der Waals surface area contributed by atoms with Gasteiger partial charge in [-0.2, -0.15) is 0 Å². The van der Waals surface area contributed by atoms with Crippen LogP contribution >= 0.6 is 11.6 Å². The second kappa shape index (κ2) is 5.64. The van der Waals surface area contributed by atoms with Crippen molar-refractivity contribution in [3.8, 4) is 0 Å². The number of aromatic amines is 1. The van der Waals surface area contributed by atoms with Gasteiger partial charge in [0.05, 0.1) is 17.7 Å². The van der Waals surface area contributed by atoms with E-state index in [4.69, 9.17) is 16.3 Å². The highest BCUT2D eigenvalue weighted by Crippen LogP contribution is 2.17. The highest BCUT2D eigenvalue weighted by molar-refractivity contribution is 6.31. The summed E-state index contributed by atoms with van der Waals surface area (Å²) in [6.45, 7) is 0.783. The number of halogens is 1. The number of hydrogen-bond donors (Lipinski definition) is 2. The zero-order valence-corrected chi connectivity index (χ0v) is 11.5. The molecule has 0 aliphatic carbocycles. The molecule has 1 atom stereocenters. The van der Waals surface area contributed by atoms with Gasteiger partial charge in [0.15, 0.2) is 0 Å². The third-order valence-electron chi connectivity index (χ3n) is 3.34. The van der Waals surface area contributed by atoms with Crippen LogP contribution in [-0.4, -0.2) is 22.0 Å². The van der Waals surface area contributed by atoms with Crippen molar-refractivity contribution < 1.29 is 9.53 Å². The van der Waals surface area contributed by atoms with Crippen LogP contribution in [0.3, 0.4) is 0 Å². The molecule has 5 nitrogen and oxygen atoms in total. The van der Waals surface area contributed by atoms with E-state index in [1.807, 2.05) is 18.2 Å². The predicted molar refractivity (Wildman–Crippen MR) is 74.2 cm³/mol. The van der Waals surface area contributed by atoms with Gasteiger partial charge in [-0.05, 0) is 6.07 Å². The van der Waals surface area contributed by atoms with E-state index >= 15 is 0 Å². The van der Waals surface area contributed by atoms with Crippen molar-refractivity contribution in [2.24, 2.45) is 0 Å². The molecule has 104 valence electrons. The SMILES string of the molecule is O=C(OCc1ccccc1Cl)C1Cc2nc[nH]c2CN1. The molecule has 1 aromatic heterocycles. The maximum atomic E-state index is 12.0. The van der Waals surface area contributed by atoms with Crippen molar-refractivity contribution in [1.82, 2.24) is 15.3 Å².